The number of aliphatic carboxylic acids is 1. The van der Waals surface area contributed by atoms with Crippen LogP contribution in [0.25, 0.3) is 11.1 Å². The molecule has 1 aliphatic heterocycles. The van der Waals surface area contributed by atoms with E-state index < -0.39 is 12.0 Å². The van der Waals surface area contributed by atoms with Gasteiger partial charge in [-0.1, -0.05) is 42.5 Å². The van der Waals surface area contributed by atoms with Crippen molar-refractivity contribution in [3.05, 3.63) is 60.2 Å². The maximum atomic E-state index is 12.2. The second kappa shape index (κ2) is 6.62. The van der Waals surface area contributed by atoms with Crippen LogP contribution in [0.15, 0.2) is 54.6 Å². The molecule has 2 aromatic rings. The quantitative estimate of drug-likeness (QED) is 0.806. The van der Waals surface area contributed by atoms with Gasteiger partial charge < -0.3 is 15.7 Å². The molecule has 0 bridgehead atoms. The highest BCUT2D eigenvalue weighted by Crippen LogP contribution is 2.19. The number of carboxylic acids is 1. The zero-order valence-electron chi connectivity index (χ0n) is 12.5. The number of benzene rings is 2. The summed E-state index contributed by atoms with van der Waals surface area (Å²) in [5, 5.41) is 14.7. The fraction of sp³-hybridized carbons (Fsp3) is 0.222. The van der Waals surface area contributed by atoms with Crippen LogP contribution in [0.1, 0.15) is 16.8 Å². The molecule has 5 heteroatoms. The number of carbonyl (C=O) groups is 2. The lowest BCUT2D eigenvalue weighted by atomic mass is 10.0. The van der Waals surface area contributed by atoms with Gasteiger partial charge in [0.05, 0.1) is 0 Å². The molecule has 118 valence electrons. The Morgan fingerprint density at radius 2 is 1.65 bits per heavy atom. The summed E-state index contributed by atoms with van der Waals surface area (Å²) in [7, 11) is 0. The molecule has 2 unspecified atom stereocenters. The van der Waals surface area contributed by atoms with Gasteiger partial charge >= 0.3 is 5.97 Å². The maximum absolute atomic E-state index is 12.2. The number of amides is 1. The second-order valence-electron chi connectivity index (χ2n) is 5.65. The van der Waals surface area contributed by atoms with E-state index in [1.54, 1.807) is 12.1 Å². The summed E-state index contributed by atoms with van der Waals surface area (Å²) in [4.78, 5) is 23.1. The van der Waals surface area contributed by atoms with E-state index >= 15 is 0 Å². The first kappa shape index (κ1) is 15.2. The van der Waals surface area contributed by atoms with Gasteiger partial charge in [-0.15, -0.1) is 0 Å². The van der Waals surface area contributed by atoms with Crippen LogP contribution in [-0.2, 0) is 4.79 Å². The number of hydrogen-bond donors (Lipinski definition) is 3. The first-order chi connectivity index (χ1) is 11.1. The summed E-state index contributed by atoms with van der Waals surface area (Å²) in [6.45, 7) is 0.477. The fourth-order valence-corrected chi connectivity index (χ4v) is 2.75. The molecule has 1 saturated heterocycles. The first-order valence-corrected chi connectivity index (χ1v) is 7.56. The molecule has 0 saturated carbocycles. The van der Waals surface area contributed by atoms with Crippen LogP contribution in [0.4, 0.5) is 0 Å². The molecule has 3 N–H and O–H groups in total. The van der Waals surface area contributed by atoms with E-state index in [4.69, 9.17) is 5.11 Å². The van der Waals surface area contributed by atoms with E-state index in [-0.39, 0.29) is 11.9 Å². The van der Waals surface area contributed by atoms with E-state index in [2.05, 4.69) is 10.6 Å². The topological polar surface area (TPSA) is 78.4 Å². The molecule has 0 spiro atoms. The molecule has 2 atom stereocenters. The second-order valence-corrected chi connectivity index (χ2v) is 5.65. The van der Waals surface area contributed by atoms with E-state index in [0.717, 1.165) is 11.1 Å². The Morgan fingerprint density at radius 1 is 1.00 bits per heavy atom. The third-order valence-corrected chi connectivity index (χ3v) is 4.02. The van der Waals surface area contributed by atoms with Crippen LogP contribution in [0.3, 0.4) is 0 Å². The van der Waals surface area contributed by atoms with Crippen LogP contribution in [0, 0.1) is 0 Å². The molecule has 3 rings (SSSR count). The minimum Gasteiger partial charge on any atom is -0.480 e. The van der Waals surface area contributed by atoms with Gasteiger partial charge in [-0.3, -0.25) is 9.59 Å². The minimum atomic E-state index is -0.881. The molecular formula is C18H18N2O3. The van der Waals surface area contributed by atoms with Crippen LogP contribution < -0.4 is 10.6 Å². The van der Waals surface area contributed by atoms with Crippen molar-refractivity contribution >= 4 is 11.9 Å². The third-order valence-electron chi connectivity index (χ3n) is 4.02. The zero-order valence-corrected chi connectivity index (χ0v) is 12.5. The molecule has 1 amide bonds. The third kappa shape index (κ3) is 3.57. The number of carboxylic acid groups (broad SMARTS) is 1. The van der Waals surface area contributed by atoms with Crippen LogP contribution in [0.2, 0.25) is 0 Å². The summed E-state index contributed by atoms with van der Waals surface area (Å²) in [5.74, 6) is -1.06. The van der Waals surface area contributed by atoms with Crippen LogP contribution >= 0.6 is 0 Å². The van der Waals surface area contributed by atoms with Gasteiger partial charge in [0.1, 0.15) is 6.04 Å². The van der Waals surface area contributed by atoms with Gasteiger partial charge in [-0.05, 0) is 29.7 Å². The number of hydrogen-bond acceptors (Lipinski definition) is 3. The van der Waals surface area contributed by atoms with Gasteiger partial charge in [0.15, 0.2) is 0 Å². The first-order valence-electron chi connectivity index (χ1n) is 7.56. The summed E-state index contributed by atoms with van der Waals surface area (Å²) in [5.41, 5.74) is 2.72. The predicted molar refractivity (Wildman–Crippen MR) is 87.2 cm³/mol. The highest BCUT2D eigenvalue weighted by atomic mass is 16.4. The maximum Gasteiger partial charge on any atom is 0.320 e. The van der Waals surface area contributed by atoms with Crippen LogP contribution in [0.5, 0.6) is 0 Å². The Kier molecular flexibility index (Phi) is 4.39. The van der Waals surface area contributed by atoms with Gasteiger partial charge in [0.25, 0.3) is 5.91 Å². The van der Waals surface area contributed by atoms with Crippen molar-refractivity contribution in [1.82, 2.24) is 10.6 Å². The normalized spacial score (nSPS) is 20.2. The zero-order chi connectivity index (χ0) is 16.2. The van der Waals surface area contributed by atoms with Crippen LogP contribution in [-0.4, -0.2) is 35.6 Å². The predicted octanol–water partition coefficient (Wildman–Crippen LogP) is 1.90. The van der Waals surface area contributed by atoms with Crippen molar-refractivity contribution < 1.29 is 14.7 Å². The number of rotatable bonds is 4. The molecule has 2 aromatic carbocycles. The summed E-state index contributed by atoms with van der Waals surface area (Å²) in [6, 6.07) is 16.6. The van der Waals surface area contributed by atoms with E-state index in [1.807, 2.05) is 42.5 Å². The summed E-state index contributed by atoms with van der Waals surface area (Å²) >= 11 is 0. The Bertz CT molecular complexity index is 698. The van der Waals surface area contributed by atoms with Crippen molar-refractivity contribution in [2.24, 2.45) is 0 Å². The van der Waals surface area contributed by atoms with Gasteiger partial charge in [0.2, 0.25) is 0 Å². The average molecular weight is 310 g/mol. The van der Waals surface area contributed by atoms with Gasteiger partial charge in [-0.2, -0.15) is 0 Å². The number of nitrogens with one attached hydrogen (secondary N) is 2. The molecule has 0 aromatic heterocycles. The van der Waals surface area contributed by atoms with Crippen molar-refractivity contribution in [2.45, 2.75) is 18.5 Å². The molecule has 23 heavy (non-hydrogen) atoms. The lowest BCUT2D eigenvalue weighted by Crippen LogP contribution is -2.36. The number of carbonyl (C=O) groups excluding carboxylic acids is 1. The van der Waals surface area contributed by atoms with Crippen molar-refractivity contribution in [3.8, 4) is 11.1 Å². The molecule has 1 fully saturated rings. The lowest BCUT2D eigenvalue weighted by molar-refractivity contribution is -0.139. The van der Waals surface area contributed by atoms with Crippen molar-refractivity contribution in [1.29, 1.82) is 0 Å². The molecular weight excluding hydrogens is 292 g/mol. The van der Waals surface area contributed by atoms with Gasteiger partial charge in [-0.25, -0.2) is 0 Å². The Hall–Kier alpha value is -2.66. The van der Waals surface area contributed by atoms with E-state index in [9.17, 15) is 9.59 Å². The average Bonchev–Trinajstić information content (AvgIpc) is 3.04. The molecule has 1 heterocycles. The largest absolute Gasteiger partial charge is 0.480 e. The molecule has 1 aliphatic rings. The fourth-order valence-electron chi connectivity index (χ4n) is 2.75. The molecule has 5 nitrogen and oxygen atoms in total. The Labute approximate surface area is 134 Å². The molecule has 0 radical (unpaired) electrons. The smallest absolute Gasteiger partial charge is 0.320 e. The highest BCUT2D eigenvalue weighted by molar-refractivity contribution is 5.95. The summed E-state index contributed by atoms with van der Waals surface area (Å²) < 4.78 is 0. The SMILES string of the molecule is O=C(NC1CNC(C(=O)O)C1)c1ccc(-c2ccccc2)cc1. The van der Waals surface area contributed by atoms with E-state index in [0.29, 0.717) is 18.5 Å². The highest BCUT2D eigenvalue weighted by Gasteiger charge is 2.30. The monoisotopic (exact) mass is 310 g/mol. The Balaban J connectivity index is 1.63. The lowest BCUT2D eigenvalue weighted by Gasteiger charge is -2.12. The standard InChI is InChI=1S/C18H18N2O3/c21-17(20-15-10-16(18(22)23)19-11-15)14-8-6-13(7-9-14)12-4-2-1-3-5-12/h1-9,15-16,19H,10-11H2,(H,20,21)(H,22,23). The van der Waals surface area contributed by atoms with Crippen molar-refractivity contribution in [3.63, 3.8) is 0 Å². The van der Waals surface area contributed by atoms with Crippen molar-refractivity contribution in [2.75, 3.05) is 6.54 Å². The van der Waals surface area contributed by atoms with Gasteiger partial charge in [0, 0.05) is 18.2 Å². The minimum absolute atomic E-state index is 0.155. The summed E-state index contributed by atoms with van der Waals surface area (Å²) in [6.07, 6.45) is 0.406. The Morgan fingerprint density at radius 3 is 2.26 bits per heavy atom. The molecule has 0 aliphatic carbocycles. The van der Waals surface area contributed by atoms with E-state index in [1.165, 1.54) is 0 Å².